The number of carboxylic acid groups (broad SMARTS) is 1. The SMILES string of the molecule is Cc1ccc(-c2nc3cc(C)c(C(OC(C)(C)C)C(=O)O)c(-c4ccc(Cl)cc4)c3s2)nc1-c1ccc2c(cnn2C)c1. The van der Waals surface area contributed by atoms with Crippen molar-refractivity contribution in [2.75, 3.05) is 0 Å². The molecule has 1 atom stereocenters. The molecule has 0 saturated carbocycles. The van der Waals surface area contributed by atoms with E-state index in [1.165, 1.54) is 11.3 Å². The van der Waals surface area contributed by atoms with Crippen LogP contribution in [-0.2, 0) is 16.6 Å². The van der Waals surface area contributed by atoms with Gasteiger partial charge in [0.05, 0.1) is 38.9 Å². The zero-order chi connectivity index (χ0) is 30.6. The van der Waals surface area contributed by atoms with Crippen LogP contribution in [-0.4, -0.2) is 36.4 Å². The van der Waals surface area contributed by atoms with Crippen molar-refractivity contribution >= 4 is 50.0 Å². The fourth-order valence-corrected chi connectivity index (χ4v) is 6.62. The van der Waals surface area contributed by atoms with Crippen molar-refractivity contribution in [3.63, 3.8) is 0 Å². The Hall–Kier alpha value is -4.11. The summed E-state index contributed by atoms with van der Waals surface area (Å²) >= 11 is 7.74. The van der Waals surface area contributed by atoms with E-state index in [9.17, 15) is 9.90 Å². The number of halogens is 1. The Balaban J connectivity index is 1.55. The topological polar surface area (TPSA) is 90.1 Å². The van der Waals surface area contributed by atoms with Crippen molar-refractivity contribution in [1.29, 1.82) is 0 Å². The van der Waals surface area contributed by atoms with Gasteiger partial charge in [-0.15, -0.1) is 11.3 Å². The molecule has 3 aromatic heterocycles. The van der Waals surface area contributed by atoms with Crippen LogP contribution in [0.5, 0.6) is 0 Å². The Bertz CT molecular complexity index is 2020. The summed E-state index contributed by atoms with van der Waals surface area (Å²) in [5, 5.41) is 17.1. The number of hydrogen-bond acceptors (Lipinski definition) is 6. The number of pyridine rings is 1. The average molecular weight is 611 g/mol. The summed E-state index contributed by atoms with van der Waals surface area (Å²) in [6.45, 7) is 9.53. The highest BCUT2D eigenvalue weighted by Crippen LogP contribution is 2.44. The highest BCUT2D eigenvalue weighted by Gasteiger charge is 2.32. The van der Waals surface area contributed by atoms with E-state index in [1.807, 2.05) is 88.9 Å². The number of rotatable bonds is 6. The van der Waals surface area contributed by atoms with E-state index >= 15 is 0 Å². The minimum Gasteiger partial charge on any atom is -0.479 e. The minimum absolute atomic E-state index is 0.598. The second-order valence-corrected chi connectivity index (χ2v) is 13.1. The average Bonchev–Trinajstić information content (AvgIpc) is 3.54. The van der Waals surface area contributed by atoms with Gasteiger partial charge in [-0.2, -0.15) is 5.10 Å². The number of aromatic nitrogens is 4. The molecule has 0 radical (unpaired) electrons. The Morgan fingerprint density at radius 2 is 1.70 bits per heavy atom. The van der Waals surface area contributed by atoms with Crippen molar-refractivity contribution in [3.05, 3.63) is 88.6 Å². The molecular weight excluding hydrogens is 580 g/mol. The highest BCUT2D eigenvalue weighted by atomic mass is 35.5. The number of hydrogen-bond donors (Lipinski definition) is 1. The first kappa shape index (κ1) is 29.0. The molecule has 0 amide bonds. The molecule has 6 aromatic rings. The largest absolute Gasteiger partial charge is 0.479 e. The third-order valence-electron chi connectivity index (χ3n) is 7.35. The Kier molecular flexibility index (Phi) is 7.32. The van der Waals surface area contributed by atoms with Crippen molar-refractivity contribution in [1.82, 2.24) is 19.7 Å². The Morgan fingerprint density at radius 1 is 0.977 bits per heavy atom. The van der Waals surface area contributed by atoms with Crippen LogP contribution in [0, 0.1) is 13.8 Å². The Morgan fingerprint density at radius 3 is 2.40 bits per heavy atom. The fourth-order valence-electron chi connectivity index (χ4n) is 5.40. The number of carbonyl (C=O) groups is 1. The number of fused-ring (bicyclic) bond motifs is 2. The molecule has 0 fully saturated rings. The van der Waals surface area contributed by atoms with Gasteiger partial charge in [-0.05, 0) is 87.7 Å². The highest BCUT2D eigenvalue weighted by molar-refractivity contribution is 7.22. The summed E-state index contributed by atoms with van der Waals surface area (Å²) in [5.74, 6) is -1.05. The van der Waals surface area contributed by atoms with Crippen LogP contribution in [0.1, 0.15) is 43.6 Å². The number of benzene rings is 3. The molecule has 3 heterocycles. The van der Waals surface area contributed by atoms with E-state index in [2.05, 4.69) is 29.4 Å². The van der Waals surface area contributed by atoms with Crippen LogP contribution in [0.3, 0.4) is 0 Å². The molecule has 0 saturated heterocycles. The summed E-state index contributed by atoms with van der Waals surface area (Å²) in [5.41, 5.74) is 7.84. The molecule has 1 N–H and O–H groups in total. The molecule has 7 nitrogen and oxygen atoms in total. The Labute approximate surface area is 258 Å². The number of nitrogens with zero attached hydrogens (tertiary/aromatic N) is 4. The fraction of sp³-hybridized carbons (Fsp3) is 0.235. The van der Waals surface area contributed by atoms with Gasteiger partial charge in [0, 0.05) is 34.1 Å². The summed E-state index contributed by atoms with van der Waals surface area (Å²) in [6.07, 6.45) is 0.685. The summed E-state index contributed by atoms with van der Waals surface area (Å²) in [4.78, 5) is 22.7. The van der Waals surface area contributed by atoms with Crippen LogP contribution in [0.4, 0.5) is 0 Å². The summed E-state index contributed by atoms with van der Waals surface area (Å²) in [6, 6.07) is 19.7. The van der Waals surface area contributed by atoms with Crippen LogP contribution < -0.4 is 0 Å². The van der Waals surface area contributed by atoms with E-state index in [0.29, 0.717) is 10.6 Å². The van der Waals surface area contributed by atoms with Crippen LogP contribution in [0.15, 0.2) is 66.9 Å². The minimum atomic E-state index is -1.17. The van der Waals surface area contributed by atoms with Crippen LogP contribution >= 0.6 is 22.9 Å². The number of aryl methyl sites for hydroxylation is 3. The van der Waals surface area contributed by atoms with E-state index < -0.39 is 17.7 Å². The van der Waals surface area contributed by atoms with Gasteiger partial charge < -0.3 is 9.84 Å². The maximum Gasteiger partial charge on any atom is 0.337 e. The van der Waals surface area contributed by atoms with Gasteiger partial charge in [0.1, 0.15) is 5.01 Å². The number of ether oxygens (including phenoxy) is 1. The smallest absolute Gasteiger partial charge is 0.337 e. The zero-order valence-electron chi connectivity index (χ0n) is 24.8. The lowest BCUT2D eigenvalue weighted by Gasteiger charge is -2.28. The summed E-state index contributed by atoms with van der Waals surface area (Å²) in [7, 11) is 1.93. The van der Waals surface area contributed by atoms with Gasteiger partial charge >= 0.3 is 5.97 Å². The molecule has 0 bridgehead atoms. The monoisotopic (exact) mass is 610 g/mol. The molecule has 43 heavy (non-hydrogen) atoms. The van der Waals surface area contributed by atoms with Crippen LogP contribution in [0.25, 0.3) is 54.2 Å². The second-order valence-electron chi connectivity index (χ2n) is 11.7. The first-order valence-electron chi connectivity index (χ1n) is 13.9. The van der Waals surface area contributed by atoms with Gasteiger partial charge in [-0.3, -0.25) is 4.68 Å². The third kappa shape index (κ3) is 5.54. The van der Waals surface area contributed by atoms with Crippen molar-refractivity contribution in [2.45, 2.75) is 46.3 Å². The van der Waals surface area contributed by atoms with Crippen molar-refractivity contribution in [2.24, 2.45) is 7.05 Å². The lowest BCUT2D eigenvalue weighted by Crippen LogP contribution is -2.28. The second kappa shape index (κ2) is 10.9. The first-order chi connectivity index (χ1) is 20.4. The predicted molar refractivity (Wildman–Crippen MR) is 174 cm³/mol. The molecule has 0 aliphatic carbocycles. The van der Waals surface area contributed by atoms with E-state index in [4.69, 9.17) is 26.3 Å². The number of carboxylic acids is 1. The van der Waals surface area contributed by atoms with Gasteiger partial charge in [0.25, 0.3) is 0 Å². The molecule has 1 unspecified atom stereocenters. The molecule has 218 valence electrons. The third-order valence-corrected chi connectivity index (χ3v) is 8.72. The van der Waals surface area contributed by atoms with Gasteiger partial charge in [-0.25, -0.2) is 14.8 Å². The van der Waals surface area contributed by atoms with Gasteiger partial charge in [0.15, 0.2) is 6.10 Å². The normalized spacial score (nSPS) is 12.7. The molecular formula is C34H31ClN4O3S. The number of thiazole rings is 1. The van der Waals surface area contributed by atoms with Crippen LogP contribution in [0.2, 0.25) is 5.02 Å². The predicted octanol–water partition coefficient (Wildman–Crippen LogP) is 8.79. The molecule has 6 rings (SSSR count). The standard InChI is InChI=1S/C34H31ClN4O3S/c1-18-7-13-24(37-29(18)21-10-14-26-22(16-21)17-36-39(26)6)32-38-25-15-19(2)27(30(33(40)41)42-34(3,4)5)28(31(25)43-32)20-8-11-23(35)12-9-20/h7-17,30H,1-6H3,(H,40,41). The van der Waals surface area contributed by atoms with Crippen molar-refractivity contribution < 1.29 is 14.6 Å². The lowest BCUT2D eigenvalue weighted by atomic mass is 9.91. The molecule has 9 heteroatoms. The lowest BCUT2D eigenvalue weighted by molar-refractivity contribution is -0.160. The van der Waals surface area contributed by atoms with Gasteiger partial charge in [0.2, 0.25) is 0 Å². The van der Waals surface area contributed by atoms with Gasteiger partial charge in [-0.1, -0.05) is 35.9 Å². The zero-order valence-corrected chi connectivity index (χ0v) is 26.3. The maximum absolute atomic E-state index is 12.6. The quantitative estimate of drug-likeness (QED) is 0.203. The maximum atomic E-state index is 12.6. The van der Waals surface area contributed by atoms with Crippen molar-refractivity contribution in [3.8, 4) is 33.1 Å². The molecule has 0 spiro atoms. The summed E-state index contributed by atoms with van der Waals surface area (Å²) < 4.78 is 8.86. The molecule has 0 aliphatic rings. The molecule has 0 aliphatic heterocycles. The van der Waals surface area contributed by atoms with E-state index in [0.717, 1.165) is 65.3 Å². The van der Waals surface area contributed by atoms with E-state index in [1.54, 1.807) is 0 Å². The first-order valence-corrected chi connectivity index (χ1v) is 15.1. The van der Waals surface area contributed by atoms with E-state index in [-0.39, 0.29) is 0 Å². The molecule has 3 aromatic carbocycles. The number of aliphatic carboxylic acids is 1.